The van der Waals surface area contributed by atoms with Crippen molar-refractivity contribution in [3.63, 3.8) is 0 Å². The van der Waals surface area contributed by atoms with Gasteiger partial charge in [-0.3, -0.25) is 33.0 Å². The Morgan fingerprint density at radius 3 is 1.78 bits per heavy atom. The Hall–Kier alpha value is -2.31. The van der Waals surface area contributed by atoms with Crippen LogP contribution in [0.25, 0.3) is 0 Å². The number of rotatable bonds is 34. The normalized spacial score (nSPS) is 17.2. The van der Waals surface area contributed by atoms with Gasteiger partial charge in [-0.05, 0) is 32.6 Å². The summed E-state index contributed by atoms with van der Waals surface area (Å²) in [6.07, 6.45) is 25.8. The van der Waals surface area contributed by atoms with Gasteiger partial charge in [-0.25, -0.2) is 9.36 Å². The van der Waals surface area contributed by atoms with Crippen LogP contribution in [0.5, 0.6) is 0 Å². The van der Waals surface area contributed by atoms with E-state index in [9.17, 15) is 28.6 Å². The van der Waals surface area contributed by atoms with Gasteiger partial charge in [-0.1, -0.05) is 142 Å². The summed E-state index contributed by atoms with van der Waals surface area (Å²) in [7, 11) is -4.62. The second-order valence-corrected chi connectivity index (χ2v) is 16.6. The summed E-state index contributed by atoms with van der Waals surface area (Å²) in [5, 5.41) is 0. The number of aryl methyl sites for hydroxylation is 1. The zero-order chi connectivity index (χ0) is 40.2. The van der Waals surface area contributed by atoms with Crippen molar-refractivity contribution in [1.29, 1.82) is 0 Å². The van der Waals surface area contributed by atoms with Crippen LogP contribution in [0.4, 0.5) is 0 Å². The monoisotopic (exact) mass is 800 g/mol. The third-order valence-electron chi connectivity index (χ3n) is 10.1. The number of ether oxygens (including phenoxy) is 3. The van der Waals surface area contributed by atoms with Crippen LogP contribution >= 0.6 is 7.82 Å². The smallest absolute Gasteiger partial charge is 0.462 e. The molecule has 0 aliphatic carbocycles. The van der Waals surface area contributed by atoms with Crippen LogP contribution in [0.3, 0.4) is 0 Å². The van der Waals surface area contributed by atoms with E-state index in [4.69, 9.17) is 23.3 Å². The molecular formula is C41H73N2O11P. The number of phosphoric acid groups is 1. The highest BCUT2D eigenvalue weighted by atomic mass is 31.2. The van der Waals surface area contributed by atoms with Gasteiger partial charge < -0.3 is 19.1 Å². The fourth-order valence-corrected chi connectivity index (χ4v) is 7.48. The summed E-state index contributed by atoms with van der Waals surface area (Å²) in [6.45, 7) is 4.91. The molecule has 1 unspecified atom stereocenters. The van der Waals surface area contributed by atoms with Crippen molar-refractivity contribution in [2.24, 2.45) is 0 Å². The van der Waals surface area contributed by atoms with E-state index in [1.807, 2.05) is 0 Å². The average molecular weight is 801 g/mol. The first-order valence-electron chi connectivity index (χ1n) is 21.5. The molecular weight excluding hydrogens is 727 g/mol. The van der Waals surface area contributed by atoms with E-state index in [0.717, 1.165) is 38.5 Å². The maximum Gasteiger partial charge on any atom is 0.472 e. The third kappa shape index (κ3) is 23.5. The fourth-order valence-electron chi connectivity index (χ4n) is 6.69. The van der Waals surface area contributed by atoms with Crippen LogP contribution < -0.4 is 11.2 Å². The topological polar surface area (TPSA) is 172 Å². The summed E-state index contributed by atoms with van der Waals surface area (Å²) in [6, 6.07) is 0. The van der Waals surface area contributed by atoms with Gasteiger partial charge in [0.2, 0.25) is 0 Å². The molecule has 2 rings (SSSR count). The lowest BCUT2D eigenvalue weighted by molar-refractivity contribution is -0.161. The standard InChI is InChI=1S/C41H73N2O11P/c1-4-6-8-10-12-14-16-18-20-22-24-26-38(44)50-31-36(54-39(45)27-25-23-21-19-17-15-13-11-9-7-5-2)33-52-55(48,49)51-32-35-28-29-37(53-35)43-30-34(3)40(46)42-41(43)47/h30,35-37H,4-29,31-33H2,1-3H3,(H,48,49)(H,42,46,47)/t35-,36-,37+/m0/s1. The van der Waals surface area contributed by atoms with Crippen LogP contribution in [0.2, 0.25) is 0 Å². The minimum Gasteiger partial charge on any atom is -0.462 e. The third-order valence-corrected chi connectivity index (χ3v) is 11.0. The molecule has 55 heavy (non-hydrogen) atoms. The van der Waals surface area contributed by atoms with Crippen LogP contribution in [-0.2, 0) is 37.4 Å². The molecule has 0 bridgehead atoms. The quantitative estimate of drug-likeness (QED) is 0.0386. The molecule has 1 aromatic rings. The summed E-state index contributed by atoms with van der Waals surface area (Å²) >= 11 is 0. The lowest BCUT2D eigenvalue weighted by Crippen LogP contribution is -2.33. The number of H-pyrrole nitrogens is 1. The zero-order valence-electron chi connectivity index (χ0n) is 34.2. The van der Waals surface area contributed by atoms with Gasteiger partial charge in [0, 0.05) is 24.6 Å². The van der Waals surface area contributed by atoms with Crippen LogP contribution in [0.1, 0.15) is 193 Å². The van der Waals surface area contributed by atoms with Gasteiger partial charge in [-0.15, -0.1) is 0 Å². The average Bonchev–Trinajstić information content (AvgIpc) is 3.63. The van der Waals surface area contributed by atoms with Crippen LogP contribution in [0, 0.1) is 6.92 Å². The molecule has 13 nitrogen and oxygen atoms in total. The van der Waals surface area contributed by atoms with Crippen molar-refractivity contribution in [2.75, 3.05) is 19.8 Å². The summed E-state index contributed by atoms with van der Waals surface area (Å²) in [4.78, 5) is 61.9. The molecule has 1 fully saturated rings. The maximum atomic E-state index is 12.8. The molecule has 1 saturated heterocycles. The van der Waals surface area contributed by atoms with Gasteiger partial charge >= 0.3 is 25.5 Å². The molecule has 1 aliphatic heterocycles. The number of carbonyl (C=O) groups is 2. The minimum absolute atomic E-state index is 0.186. The van der Waals surface area contributed by atoms with Crippen molar-refractivity contribution in [3.8, 4) is 0 Å². The Morgan fingerprint density at radius 2 is 1.25 bits per heavy atom. The van der Waals surface area contributed by atoms with Gasteiger partial charge in [0.15, 0.2) is 6.10 Å². The molecule has 14 heteroatoms. The summed E-state index contributed by atoms with van der Waals surface area (Å²) in [5.74, 6) is -0.909. The predicted octanol–water partition coefficient (Wildman–Crippen LogP) is 9.51. The number of nitrogens with one attached hydrogen (secondary N) is 1. The van der Waals surface area contributed by atoms with Gasteiger partial charge in [0.25, 0.3) is 5.56 Å². The number of esters is 2. The molecule has 0 amide bonds. The maximum absolute atomic E-state index is 12.8. The number of hydrogen-bond acceptors (Lipinski definition) is 10. The molecule has 0 radical (unpaired) electrons. The highest BCUT2D eigenvalue weighted by Crippen LogP contribution is 2.44. The second-order valence-electron chi connectivity index (χ2n) is 15.2. The van der Waals surface area contributed by atoms with Crippen molar-refractivity contribution >= 4 is 19.8 Å². The SMILES string of the molecule is CCCCCCCCCCCCCC(=O)OC[C@@H](COP(=O)(O)OC[C@@H]1CC[C@H](n2cc(C)c(=O)[nH]c2=O)O1)OC(=O)CCCCCCCCCCCCC. The van der Waals surface area contributed by atoms with Crippen molar-refractivity contribution < 1.29 is 42.3 Å². The van der Waals surface area contributed by atoms with E-state index in [1.165, 1.54) is 101 Å². The number of nitrogens with zero attached hydrogens (tertiary/aromatic N) is 1. The molecule has 1 aliphatic rings. The second kappa shape index (κ2) is 29.9. The zero-order valence-corrected chi connectivity index (χ0v) is 35.1. The van der Waals surface area contributed by atoms with Gasteiger partial charge in [-0.2, -0.15) is 0 Å². The Bertz CT molecular complexity index is 1350. The Labute approximate surface area is 329 Å². The van der Waals surface area contributed by atoms with E-state index in [2.05, 4.69) is 18.8 Å². The van der Waals surface area contributed by atoms with Crippen LogP contribution in [-0.4, -0.2) is 58.4 Å². The van der Waals surface area contributed by atoms with Crippen LogP contribution in [0.15, 0.2) is 15.8 Å². The summed E-state index contributed by atoms with van der Waals surface area (Å²) in [5.41, 5.74) is -0.735. The Balaban J connectivity index is 1.76. The molecule has 0 spiro atoms. The number of aromatic nitrogens is 2. The van der Waals surface area contributed by atoms with Crippen molar-refractivity contribution in [3.05, 3.63) is 32.6 Å². The van der Waals surface area contributed by atoms with E-state index in [-0.39, 0.29) is 26.1 Å². The van der Waals surface area contributed by atoms with E-state index in [0.29, 0.717) is 31.2 Å². The molecule has 4 atom stereocenters. The Kier molecular flexibility index (Phi) is 26.5. The number of phosphoric ester groups is 1. The minimum atomic E-state index is -4.62. The first-order valence-corrected chi connectivity index (χ1v) is 23.0. The van der Waals surface area contributed by atoms with Crippen molar-refractivity contribution in [2.45, 2.75) is 206 Å². The van der Waals surface area contributed by atoms with Crippen molar-refractivity contribution in [1.82, 2.24) is 9.55 Å². The molecule has 2 N–H and O–H groups in total. The first-order chi connectivity index (χ1) is 26.5. The lowest BCUT2D eigenvalue weighted by atomic mass is 10.1. The van der Waals surface area contributed by atoms with Gasteiger partial charge in [0.05, 0.1) is 19.3 Å². The molecule has 318 valence electrons. The summed E-state index contributed by atoms with van der Waals surface area (Å²) < 4.78 is 41.3. The molecule has 0 aromatic carbocycles. The Morgan fingerprint density at radius 1 is 0.764 bits per heavy atom. The molecule has 0 saturated carbocycles. The van der Waals surface area contributed by atoms with Gasteiger partial charge in [0.1, 0.15) is 12.8 Å². The fraction of sp³-hybridized carbons (Fsp3) is 0.854. The number of hydrogen-bond donors (Lipinski definition) is 2. The predicted molar refractivity (Wildman–Crippen MR) is 214 cm³/mol. The number of carbonyl (C=O) groups excluding carboxylic acids is 2. The van der Waals surface area contributed by atoms with E-state index >= 15 is 0 Å². The lowest BCUT2D eigenvalue weighted by Gasteiger charge is -2.21. The molecule has 1 aromatic heterocycles. The largest absolute Gasteiger partial charge is 0.472 e. The first kappa shape index (κ1) is 48.8. The highest BCUT2D eigenvalue weighted by Gasteiger charge is 2.32. The molecule has 2 heterocycles. The highest BCUT2D eigenvalue weighted by molar-refractivity contribution is 7.47. The number of unbranched alkanes of at least 4 members (excludes halogenated alkanes) is 20. The van der Waals surface area contributed by atoms with E-state index in [1.54, 1.807) is 6.92 Å². The number of aromatic amines is 1. The van der Waals surface area contributed by atoms with E-state index < -0.39 is 56.1 Å².